The predicted molar refractivity (Wildman–Crippen MR) is 77.7 cm³/mol. The Morgan fingerprint density at radius 2 is 2.00 bits per heavy atom. The van der Waals surface area contributed by atoms with Crippen LogP contribution in [0.15, 0.2) is 0 Å². The molecule has 3 N–H and O–H groups in total. The minimum atomic E-state index is -0.318. The lowest BCUT2D eigenvalue weighted by atomic mass is 10.2. The third kappa shape index (κ3) is 3.56. The van der Waals surface area contributed by atoms with E-state index in [2.05, 4.69) is 27.5 Å². The number of anilines is 2. The first kappa shape index (κ1) is 14.1. The van der Waals surface area contributed by atoms with E-state index in [4.69, 9.17) is 0 Å². The van der Waals surface area contributed by atoms with Crippen molar-refractivity contribution in [3.63, 3.8) is 0 Å². The maximum Gasteiger partial charge on any atom is 0.136 e. The summed E-state index contributed by atoms with van der Waals surface area (Å²) in [5.41, 5.74) is 1.01. The van der Waals surface area contributed by atoms with Crippen molar-refractivity contribution in [3.05, 3.63) is 11.4 Å². The average Bonchev–Trinajstić information content (AvgIpc) is 3.22. The molecule has 1 unspecified atom stereocenters. The van der Waals surface area contributed by atoms with Crippen molar-refractivity contribution >= 4 is 11.6 Å². The summed E-state index contributed by atoms with van der Waals surface area (Å²) in [5, 5.41) is 16.2. The molecule has 19 heavy (non-hydrogen) atoms. The second-order valence-corrected chi connectivity index (χ2v) is 5.25. The fourth-order valence-corrected chi connectivity index (χ4v) is 2.12. The monoisotopic (exact) mass is 264 g/mol. The van der Waals surface area contributed by atoms with Gasteiger partial charge in [-0.15, -0.1) is 0 Å². The summed E-state index contributed by atoms with van der Waals surface area (Å²) < 4.78 is 0. The highest BCUT2D eigenvalue weighted by Crippen LogP contribution is 2.39. The summed E-state index contributed by atoms with van der Waals surface area (Å²) in [6.45, 7) is 4.61. The molecule has 0 saturated heterocycles. The van der Waals surface area contributed by atoms with Gasteiger partial charge in [-0.05, 0) is 26.2 Å². The lowest BCUT2D eigenvalue weighted by Gasteiger charge is -2.15. The van der Waals surface area contributed by atoms with Crippen LogP contribution in [0.2, 0.25) is 0 Å². The summed E-state index contributed by atoms with van der Waals surface area (Å²) in [6.07, 6.45) is 3.85. The minimum absolute atomic E-state index is 0.318. The van der Waals surface area contributed by atoms with E-state index in [1.54, 1.807) is 0 Å². The van der Waals surface area contributed by atoms with Crippen LogP contribution in [-0.2, 0) is 0 Å². The molecule has 0 spiro atoms. The van der Waals surface area contributed by atoms with Crippen LogP contribution < -0.4 is 10.6 Å². The standard InChI is InChI=1S/C14H24N4O/c1-4-5-11(19)8-16-13-9(2)12(15-3)17-14(18-13)10-6-7-10/h10-11,19H,4-8H2,1-3H3,(H2,15,16,17,18). The second-order valence-electron chi connectivity index (χ2n) is 5.25. The lowest BCUT2D eigenvalue weighted by molar-refractivity contribution is 0.176. The Bertz CT molecular complexity index is 432. The molecular formula is C14H24N4O. The summed E-state index contributed by atoms with van der Waals surface area (Å²) >= 11 is 0. The maximum absolute atomic E-state index is 9.80. The molecule has 0 amide bonds. The Balaban J connectivity index is 2.11. The quantitative estimate of drug-likeness (QED) is 0.705. The molecule has 5 nitrogen and oxygen atoms in total. The van der Waals surface area contributed by atoms with Gasteiger partial charge in [0.1, 0.15) is 17.5 Å². The zero-order chi connectivity index (χ0) is 13.8. The van der Waals surface area contributed by atoms with Crippen molar-refractivity contribution in [1.82, 2.24) is 9.97 Å². The Morgan fingerprint density at radius 1 is 1.32 bits per heavy atom. The molecule has 1 atom stereocenters. The van der Waals surface area contributed by atoms with Gasteiger partial charge in [-0.25, -0.2) is 9.97 Å². The van der Waals surface area contributed by atoms with Gasteiger partial charge in [0.05, 0.1) is 6.10 Å². The molecule has 1 aliphatic carbocycles. The highest BCUT2D eigenvalue weighted by atomic mass is 16.3. The van der Waals surface area contributed by atoms with E-state index in [9.17, 15) is 5.11 Å². The van der Waals surface area contributed by atoms with E-state index >= 15 is 0 Å². The van der Waals surface area contributed by atoms with Crippen molar-refractivity contribution in [3.8, 4) is 0 Å². The van der Waals surface area contributed by atoms with Crippen LogP contribution in [0.3, 0.4) is 0 Å². The first-order chi connectivity index (χ1) is 9.15. The number of aliphatic hydroxyl groups excluding tert-OH is 1. The van der Waals surface area contributed by atoms with E-state index in [-0.39, 0.29) is 6.10 Å². The van der Waals surface area contributed by atoms with Gasteiger partial charge < -0.3 is 15.7 Å². The molecule has 1 heterocycles. The van der Waals surface area contributed by atoms with Crippen LogP contribution in [-0.4, -0.2) is 34.8 Å². The molecule has 1 aliphatic rings. The van der Waals surface area contributed by atoms with E-state index in [0.29, 0.717) is 12.5 Å². The Morgan fingerprint density at radius 3 is 2.58 bits per heavy atom. The number of rotatable bonds is 7. The van der Waals surface area contributed by atoms with Gasteiger partial charge in [0.25, 0.3) is 0 Å². The molecule has 0 aliphatic heterocycles. The number of nitrogens with one attached hydrogen (secondary N) is 2. The molecule has 1 fully saturated rings. The number of nitrogens with zero attached hydrogens (tertiary/aromatic N) is 2. The first-order valence-corrected chi connectivity index (χ1v) is 7.13. The molecular weight excluding hydrogens is 240 g/mol. The minimum Gasteiger partial charge on any atom is -0.391 e. The smallest absolute Gasteiger partial charge is 0.136 e. The molecule has 2 rings (SSSR count). The molecule has 1 aromatic rings. The lowest BCUT2D eigenvalue weighted by Crippen LogP contribution is -2.21. The molecule has 1 aromatic heterocycles. The van der Waals surface area contributed by atoms with Crippen LogP contribution >= 0.6 is 0 Å². The van der Waals surface area contributed by atoms with Crippen molar-refractivity contribution in [2.45, 2.75) is 51.6 Å². The predicted octanol–water partition coefficient (Wildman–Crippen LogP) is 2.28. The molecule has 5 heteroatoms. The van der Waals surface area contributed by atoms with Gasteiger partial charge in [-0.1, -0.05) is 13.3 Å². The van der Waals surface area contributed by atoms with Crippen LogP contribution in [0.5, 0.6) is 0 Å². The summed E-state index contributed by atoms with van der Waals surface area (Å²) in [4.78, 5) is 9.15. The van der Waals surface area contributed by atoms with E-state index in [0.717, 1.165) is 35.9 Å². The highest BCUT2D eigenvalue weighted by molar-refractivity contribution is 5.57. The average molecular weight is 264 g/mol. The van der Waals surface area contributed by atoms with Crippen LogP contribution in [0.4, 0.5) is 11.6 Å². The normalized spacial score (nSPS) is 16.2. The first-order valence-electron chi connectivity index (χ1n) is 7.13. The summed E-state index contributed by atoms with van der Waals surface area (Å²) in [7, 11) is 1.88. The Kier molecular flexibility index (Phi) is 4.58. The fourth-order valence-electron chi connectivity index (χ4n) is 2.12. The number of aliphatic hydroxyl groups is 1. The van der Waals surface area contributed by atoms with Crippen molar-refractivity contribution in [2.75, 3.05) is 24.2 Å². The van der Waals surface area contributed by atoms with Crippen molar-refractivity contribution in [1.29, 1.82) is 0 Å². The summed E-state index contributed by atoms with van der Waals surface area (Å²) in [6, 6.07) is 0. The van der Waals surface area contributed by atoms with Crippen molar-refractivity contribution in [2.24, 2.45) is 0 Å². The van der Waals surface area contributed by atoms with Gasteiger partial charge in [0, 0.05) is 25.1 Å². The van der Waals surface area contributed by atoms with Crippen LogP contribution in [0, 0.1) is 6.92 Å². The number of hydrogen-bond acceptors (Lipinski definition) is 5. The SMILES string of the molecule is CCCC(O)CNc1nc(C2CC2)nc(NC)c1C. The third-order valence-corrected chi connectivity index (χ3v) is 3.47. The van der Waals surface area contributed by atoms with E-state index in [1.165, 1.54) is 12.8 Å². The van der Waals surface area contributed by atoms with Gasteiger partial charge >= 0.3 is 0 Å². The van der Waals surface area contributed by atoms with Gasteiger partial charge in [-0.3, -0.25) is 0 Å². The highest BCUT2D eigenvalue weighted by Gasteiger charge is 2.28. The fraction of sp³-hybridized carbons (Fsp3) is 0.714. The largest absolute Gasteiger partial charge is 0.391 e. The zero-order valence-corrected chi connectivity index (χ0v) is 12.0. The maximum atomic E-state index is 9.80. The summed E-state index contributed by atoms with van der Waals surface area (Å²) in [5.74, 6) is 3.16. The number of hydrogen-bond donors (Lipinski definition) is 3. The van der Waals surface area contributed by atoms with E-state index in [1.807, 2.05) is 14.0 Å². The van der Waals surface area contributed by atoms with Gasteiger partial charge in [0.2, 0.25) is 0 Å². The molecule has 0 radical (unpaired) electrons. The second kappa shape index (κ2) is 6.19. The Hall–Kier alpha value is -1.36. The van der Waals surface area contributed by atoms with Crippen LogP contribution in [0.25, 0.3) is 0 Å². The van der Waals surface area contributed by atoms with Gasteiger partial charge in [0.15, 0.2) is 0 Å². The van der Waals surface area contributed by atoms with Crippen LogP contribution in [0.1, 0.15) is 49.9 Å². The Labute approximate surface area is 114 Å². The third-order valence-electron chi connectivity index (χ3n) is 3.47. The number of aromatic nitrogens is 2. The van der Waals surface area contributed by atoms with Crippen molar-refractivity contribution < 1.29 is 5.11 Å². The molecule has 106 valence electrons. The zero-order valence-electron chi connectivity index (χ0n) is 12.0. The van der Waals surface area contributed by atoms with Gasteiger partial charge in [-0.2, -0.15) is 0 Å². The van der Waals surface area contributed by atoms with E-state index < -0.39 is 0 Å². The molecule has 1 saturated carbocycles. The molecule has 0 bridgehead atoms. The molecule has 0 aromatic carbocycles. The topological polar surface area (TPSA) is 70.1 Å².